The highest BCUT2D eigenvalue weighted by Gasteiger charge is 2.16. The second-order valence-electron chi connectivity index (χ2n) is 3.95. The molecule has 0 spiro atoms. The molecule has 1 heterocycles. The van der Waals surface area contributed by atoms with Crippen LogP contribution in [0.1, 0.15) is 5.56 Å². The number of anilines is 1. The van der Waals surface area contributed by atoms with Crippen molar-refractivity contribution in [3.8, 4) is 0 Å². The summed E-state index contributed by atoms with van der Waals surface area (Å²) >= 11 is 5.78. The zero-order chi connectivity index (χ0) is 13.3. The normalized spacial score (nSPS) is 11.7. The third-order valence-electron chi connectivity index (χ3n) is 2.49. The van der Waals surface area contributed by atoms with Crippen molar-refractivity contribution >= 4 is 27.3 Å². The van der Waals surface area contributed by atoms with Crippen molar-refractivity contribution in [1.29, 1.82) is 0 Å². The van der Waals surface area contributed by atoms with Gasteiger partial charge in [0.15, 0.2) is 9.84 Å². The minimum atomic E-state index is -3.34. The van der Waals surface area contributed by atoms with Gasteiger partial charge in [-0.25, -0.2) is 13.1 Å². The van der Waals surface area contributed by atoms with Gasteiger partial charge in [0.05, 0.1) is 12.7 Å². The molecule has 7 heteroatoms. The van der Waals surface area contributed by atoms with Crippen molar-refractivity contribution in [2.24, 2.45) is 0 Å². The first kappa shape index (κ1) is 12.9. The van der Waals surface area contributed by atoms with Crippen LogP contribution >= 0.6 is 11.6 Å². The largest absolute Gasteiger partial charge is 0.383 e. The molecule has 0 aliphatic heterocycles. The van der Waals surface area contributed by atoms with Gasteiger partial charge in [0, 0.05) is 11.3 Å². The molecule has 2 rings (SSSR count). The summed E-state index contributed by atoms with van der Waals surface area (Å²) in [7, 11) is -3.34. The molecule has 5 nitrogen and oxygen atoms in total. The number of sulfone groups is 1. The Hall–Kier alpha value is -1.53. The van der Waals surface area contributed by atoms with Crippen molar-refractivity contribution in [3.05, 3.63) is 41.0 Å². The number of rotatable bonds is 3. The summed E-state index contributed by atoms with van der Waals surface area (Å²) in [5.41, 5.74) is 6.70. The lowest BCUT2D eigenvalue weighted by molar-refractivity contribution is 0.602. The van der Waals surface area contributed by atoms with Crippen molar-refractivity contribution in [3.63, 3.8) is 0 Å². The van der Waals surface area contributed by atoms with Gasteiger partial charge in [-0.3, -0.25) is 0 Å². The van der Waals surface area contributed by atoms with Gasteiger partial charge in [0.1, 0.15) is 10.7 Å². The van der Waals surface area contributed by atoms with Crippen LogP contribution < -0.4 is 5.73 Å². The Morgan fingerprint density at radius 1 is 1.33 bits per heavy atom. The SMILES string of the molecule is CS(=O)(=O)c1cnn(Cc2ccc(Cl)cc2)c1N. The van der Waals surface area contributed by atoms with Gasteiger partial charge in [-0.15, -0.1) is 0 Å². The molecule has 0 amide bonds. The van der Waals surface area contributed by atoms with Crippen molar-refractivity contribution in [2.75, 3.05) is 12.0 Å². The first-order valence-electron chi connectivity index (χ1n) is 5.13. The maximum atomic E-state index is 11.4. The molecule has 1 aromatic carbocycles. The average Bonchev–Trinajstić information content (AvgIpc) is 2.63. The molecule has 0 unspecified atom stereocenters. The first-order valence-corrected chi connectivity index (χ1v) is 7.40. The molecule has 0 aliphatic carbocycles. The van der Waals surface area contributed by atoms with E-state index in [4.69, 9.17) is 17.3 Å². The van der Waals surface area contributed by atoms with E-state index in [1.807, 2.05) is 12.1 Å². The van der Waals surface area contributed by atoms with Crippen LogP contribution in [0.15, 0.2) is 35.4 Å². The minimum absolute atomic E-state index is 0.0523. The Kier molecular flexibility index (Phi) is 3.32. The predicted octanol–water partition coefficient (Wildman–Crippen LogP) is 1.57. The molecule has 96 valence electrons. The fourth-order valence-electron chi connectivity index (χ4n) is 1.55. The monoisotopic (exact) mass is 285 g/mol. The van der Waals surface area contributed by atoms with E-state index in [-0.39, 0.29) is 10.7 Å². The van der Waals surface area contributed by atoms with Crippen LogP contribution in [0.2, 0.25) is 5.02 Å². The zero-order valence-electron chi connectivity index (χ0n) is 9.67. The van der Waals surface area contributed by atoms with Crippen molar-refractivity contribution in [2.45, 2.75) is 11.4 Å². The summed E-state index contributed by atoms with van der Waals surface area (Å²) in [6, 6.07) is 7.19. The van der Waals surface area contributed by atoms with E-state index >= 15 is 0 Å². The lowest BCUT2D eigenvalue weighted by Crippen LogP contribution is -2.08. The highest BCUT2D eigenvalue weighted by molar-refractivity contribution is 7.90. The Bertz CT molecular complexity index is 662. The van der Waals surface area contributed by atoms with Gasteiger partial charge in [-0.05, 0) is 17.7 Å². The number of nitrogen functional groups attached to an aromatic ring is 1. The Morgan fingerprint density at radius 3 is 2.44 bits per heavy atom. The molecular weight excluding hydrogens is 274 g/mol. The van der Waals surface area contributed by atoms with Gasteiger partial charge in [0.2, 0.25) is 0 Å². The van der Waals surface area contributed by atoms with E-state index in [1.54, 1.807) is 12.1 Å². The van der Waals surface area contributed by atoms with E-state index in [9.17, 15) is 8.42 Å². The molecule has 2 N–H and O–H groups in total. The predicted molar refractivity (Wildman–Crippen MR) is 70.3 cm³/mol. The summed E-state index contributed by atoms with van der Waals surface area (Å²) in [6.45, 7) is 0.401. The lowest BCUT2D eigenvalue weighted by Gasteiger charge is -2.05. The summed E-state index contributed by atoms with van der Waals surface area (Å²) < 4.78 is 24.3. The molecular formula is C11H12ClN3O2S. The second-order valence-corrected chi connectivity index (χ2v) is 6.37. The summed E-state index contributed by atoms with van der Waals surface area (Å²) in [6.07, 6.45) is 2.37. The standard InChI is InChI=1S/C11H12ClN3O2S/c1-18(16,17)10-6-14-15(11(10)13)7-8-2-4-9(12)5-3-8/h2-6H,7,13H2,1H3. The number of hydrogen-bond donors (Lipinski definition) is 1. The van der Waals surface area contributed by atoms with Crippen LogP contribution in [-0.4, -0.2) is 24.5 Å². The number of nitrogens with two attached hydrogens (primary N) is 1. The Labute approximate surface area is 110 Å². The highest BCUT2D eigenvalue weighted by Crippen LogP contribution is 2.19. The van der Waals surface area contributed by atoms with Crippen molar-refractivity contribution in [1.82, 2.24) is 9.78 Å². The zero-order valence-corrected chi connectivity index (χ0v) is 11.2. The molecule has 0 atom stereocenters. The van der Waals surface area contributed by atoms with Crippen LogP contribution in [-0.2, 0) is 16.4 Å². The van der Waals surface area contributed by atoms with Gasteiger partial charge < -0.3 is 5.73 Å². The molecule has 0 bridgehead atoms. The number of hydrogen-bond acceptors (Lipinski definition) is 4. The molecule has 2 aromatic rings. The van der Waals surface area contributed by atoms with Crippen molar-refractivity contribution < 1.29 is 8.42 Å². The third-order valence-corrected chi connectivity index (χ3v) is 3.86. The number of aromatic nitrogens is 2. The summed E-state index contributed by atoms with van der Waals surface area (Å²) in [5.74, 6) is 0.146. The quantitative estimate of drug-likeness (QED) is 0.928. The number of halogens is 1. The fourth-order valence-corrected chi connectivity index (χ4v) is 2.40. The second kappa shape index (κ2) is 4.62. The summed E-state index contributed by atoms with van der Waals surface area (Å²) in [5, 5.41) is 4.62. The van der Waals surface area contributed by atoms with Crippen LogP contribution in [0, 0.1) is 0 Å². The van der Waals surface area contributed by atoms with Crippen LogP contribution in [0.5, 0.6) is 0 Å². The van der Waals surface area contributed by atoms with E-state index in [2.05, 4.69) is 5.10 Å². The molecule has 0 radical (unpaired) electrons. The topological polar surface area (TPSA) is 78.0 Å². The molecule has 1 aromatic heterocycles. The molecule has 0 fully saturated rings. The molecule has 0 saturated carbocycles. The van der Waals surface area contributed by atoms with E-state index in [0.29, 0.717) is 11.6 Å². The van der Waals surface area contributed by atoms with Gasteiger partial charge in [-0.2, -0.15) is 5.10 Å². The third kappa shape index (κ3) is 2.65. The Morgan fingerprint density at radius 2 is 1.94 bits per heavy atom. The molecule has 0 saturated heterocycles. The number of nitrogens with zero attached hydrogens (tertiary/aromatic N) is 2. The average molecular weight is 286 g/mol. The van der Waals surface area contributed by atoms with Crippen LogP contribution in [0.3, 0.4) is 0 Å². The molecule has 18 heavy (non-hydrogen) atoms. The number of benzene rings is 1. The van der Waals surface area contributed by atoms with E-state index < -0.39 is 9.84 Å². The Balaban J connectivity index is 2.31. The maximum absolute atomic E-state index is 11.4. The first-order chi connectivity index (χ1) is 8.38. The van der Waals surface area contributed by atoms with Crippen LogP contribution in [0.25, 0.3) is 0 Å². The van der Waals surface area contributed by atoms with Gasteiger partial charge >= 0.3 is 0 Å². The van der Waals surface area contributed by atoms with E-state index in [0.717, 1.165) is 11.8 Å². The smallest absolute Gasteiger partial charge is 0.180 e. The van der Waals surface area contributed by atoms with E-state index in [1.165, 1.54) is 10.9 Å². The maximum Gasteiger partial charge on any atom is 0.180 e. The van der Waals surface area contributed by atoms with Crippen LogP contribution in [0.4, 0.5) is 5.82 Å². The summed E-state index contributed by atoms with van der Waals surface area (Å²) in [4.78, 5) is 0.0523. The minimum Gasteiger partial charge on any atom is -0.383 e. The van der Waals surface area contributed by atoms with Gasteiger partial charge in [-0.1, -0.05) is 23.7 Å². The fraction of sp³-hybridized carbons (Fsp3) is 0.182. The molecule has 0 aliphatic rings. The van der Waals surface area contributed by atoms with Gasteiger partial charge in [0.25, 0.3) is 0 Å². The highest BCUT2D eigenvalue weighted by atomic mass is 35.5. The lowest BCUT2D eigenvalue weighted by atomic mass is 10.2.